The molecule has 4 heterocycles. The van der Waals surface area contributed by atoms with Crippen LogP contribution in [0.2, 0.25) is 0 Å². The lowest BCUT2D eigenvalue weighted by Gasteiger charge is -2.24. The molecule has 5 rings (SSSR count). The number of alkyl halides is 2. The highest BCUT2D eigenvalue weighted by Crippen LogP contribution is 2.35. The number of anilines is 1. The minimum Gasteiger partial charge on any atom is -0.381 e. The van der Waals surface area contributed by atoms with Crippen molar-refractivity contribution in [1.29, 1.82) is 0 Å². The summed E-state index contributed by atoms with van der Waals surface area (Å²) >= 11 is 0. The first-order chi connectivity index (χ1) is 15.9. The number of hydrogen-bond donors (Lipinski definition) is 1. The molecule has 4 aromatic rings. The van der Waals surface area contributed by atoms with E-state index in [1.165, 1.54) is 12.1 Å². The molecule has 0 radical (unpaired) electrons. The van der Waals surface area contributed by atoms with Crippen molar-refractivity contribution in [2.24, 2.45) is 0 Å². The molecule has 1 fully saturated rings. The van der Waals surface area contributed by atoms with E-state index in [-0.39, 0.29) is 11.5 Å². The number of aryl methyl sites for hydroxylation is 1. The van der Waals surface area contributed by atoms with Crippen LogP contribution in [0.3, 0.4) is 0 Å². The molecule has 1 atom stereocenters. The molecule has 1 aromatic carbocycles. The summed E-state index contributed by atoms with van der Waals surface area (Å²) in [6, 6.07) is 5.44. The predicted molar refractivity (Wildman–Crippen MR) is 117 cm³/mol. The van der Waals surface area contributed by atoms with Crippen molar-refractivity contribution in [2.75, 3.05) is 18.5 Å². The first-order valence-electron chi connectivity index (χ1n) is 10.9. The van der Waals surface area contributed by atoms with Crippen LogP contribution >= 0.6 is 0 Å². The maximum atomic E-state index is 14.8. The normalized spacial score (nSPS) is 16.1. The van der Waals surface area contributed by atoms with Gasteiger partial charge in [0.25, 0.3) is 6.43 Å². The molecular weight excluding hydrogens is 433 g/mol. The Hall–Kier alpha value is -3.27. The van der Waals surface area contributed by atoms with Gasteiger partial charge in [-0.25, -0.2) is 23.1 Å². The Bertz CT molecular complexity index is 1320. The molecule has 172 valence electrons. The molecule has 0 bridgehead atoms. The zero-order chi connectivity index (χ0) is 23.1. The summed E-state index contributed by atoms with van der Waals surface area (Å²) in [5.74, 6) is 0.344. The molecule has 1 aliphatic rings. The number of pyridine rings is 1. The van der Waals surface area contributed by atoms with Crippen LogP contribution in [0.4, 0.5) is 19.0 Å². The van der Waals surface area contributed by atoms with E-state index in [0.717, 1.165) is 35.5 Å². The number of benzene rings is 1. The van der Waals surface area contributed by atoms with Gasteiger partial charge in [-0.05, 0) is 38.7 Å². The second kappa shape index (κ2) is 8.58. The number of aromatic nitrogens is 5. The van der Waals surface area contributed by atoms with Crippen molar-refractivity contribution in [1.82, 2.24) is 24.6 Å². The standard InChI is InChI=1S/C23H23F3N6O/c1-12(15-4-3-5-16(19(15)24)20(25)26)28-21-18-10-17(14-6-8-33-9-7-14)23-31-27-11-32(23)22(18)30-13(2)29-21/h3-5,10-12,14,20H,6-9H2,1-2H3,(H,28,29,30)/t12-/m1/s1. The molecule has 10 heteroatoms. The summed E-state index contributed by atoms with van der Waals surface area (Å²) in [6.45, 7) is 4.83. The van der Waals surface area contributed by atoms with Crippen LogP contribution in [0, 0.1) is 12.7 Å². The number of hydrogen-bond acceptors (Lipinski definition) is 6. The van der Waals surface area contributed by atoms with Gasteiger partial charge in [-0.3, -0.25) is 4.40 Å². The van der Waals surface area contributed by atoms with Crippen molar-refractivity contribution < 1.29 is 17.9 Å². The summed E-state index contributed by atoms with van der Waals surface area (Å²) in [5, 5.41) is 12.4. The predicted octanol–water partition coefficient (Wildman–Crippen LogP) is 5.12. The highest BCUT2D eigenvalue weighted by atomic mass is 19.3. The fourth-order valence-corrected chi connectivity index (χ4v) is 4.46. The first-order valence-corrected chi connectivity index (χ1v) is 10.9. The molecule has 1 N–H and O–H groups in total. The van der Waals surface area contributed by atoms with Gasteiger partial charge in [0.2, 0.25) is 0 Å². The molecule has 0 amide bonds. The lowest BCUT2D eigenvalue weighted by Crippen LogP contribution is -2.16. The maximum absolute atomic E-state index is 14.8. The summed E-state index contributed by atoms with van der Waals surface area (Å²) in [7, 11) is 0. The van der Waals surface area contributed by atoms with Crippen LogP contribution in [0.5, 0.6) is 0 Å². The Labute approximate surface area is 188 Å². The summed E-state index contributed by atoms with van der Waals surface area (Å²) < 4.78 is 48.5. The summed E-state index contributed by atoms with van der Waals surface area (Å²) in [6.07, 6.45) is 0.464. The van der Waals surface area contributed by atoms with E-state index in [4.69, 9.17) is 4.74 Å². The maximum Gasteiger partial charge on any atom is 0.266 e. The highest BCUT2D eigenvalue weighted by Gasteiger charge is 2.24. The van der Waals surface area contributed by atoms with Crippen LogP contribution in [0.25, 0.3) is 16.7 Å². The zero-order valence-corrected chi connectivity index (χ0v) is 18.2. The second-order valence-electron chi connectivity index (χ2n) is 8.28. The average molecular weight is 456 g/mol. The Kier molecular flexibility index (Phi) is 5.61. The van der Waals surface area contributed by atoms with Gasteiger partial charge in [-0.1, -0.05) is 18.2 Å². The van der Waals surface area contributed by atoms with Gasteiger partial charge in [-0.2, -0.15) is 0 Å². The van der Waals surface area contributed by atoms with E-state index in [2.05, 4.69) is 25.5 Å². The third-order valence-electron chi connectivity index (χ3n) is 6.15. The molecule has 0 aliphatic carbocycles. The van der Waals surface area contributed by atoms with Gasteiger partial charge in [0.1, 0.15) is 23.8 Å². The van der Waals surface area contributed by atoms with Gasteiger partial charge < -0.3 is 10.1 Å². The monoisotopic (exact) mass is 456 g/mol. The molecule has 0 spiro atoms. The van der Waals surface area contributed by atoms with Gasteiger partial charge in [0.15, 0.2) is 11.3 Å². The van der Waals surface area contributed by atoms with Gasteiger partial charge in [0, 0.05) is 24.3 Å². The number of halogens is 3. The number of nitrogens with zero attached hydrogens (tertiary/aromatic N) is 5. The van der Waals surface area contributed by atoms with Crippen molar-refractivity contribution in [2.45, 2.75) is 45.1 Å². The number of ether oxygens (including phenoxy) is 1. The van der Waals surface area contributed by atoms with Crippen molar-refractivity contribution in [3.05, 3.63) is 58.9 Å². The quantitative estimate of drug-likeness (QED) is 0.449. The lowest BCUT2D eigenvalue weighted by atomic mass is 9.91. The van der Waals surface area contributed by atoms with Crippen LogP contribution in [0.15, 0.2) is 30.6 Å². The highest BCUT2D eigenvalue weighted by molar-refractivity contribution is 5.90. The van der Waals surface area contributed by atoms with E-state index in [1.54, 1.807) is 20.2 Å². The van der Waals surface area contributed by atoms with E-state index in [9.17, 15) is 13.2 Å². The van der Waals surface area contributed by atoms with Crippen LogP contribution in [-0.4, -0.2) is 37.8 Å². The van der Waals surface area contributed by atoms with E-state index < -0.39 is 23.8 Å². The van der Waals surface area contributed by atoms with Gasteiger partial charge in [-0.15, -0.1) is 10.2 Å². The zero-order valence-electron chi connectivity index (χ0n) is 18.2. The SMILES string of the molecule is Cc1nc(N[C@H](C)c2cccc(C(F)F)c2F)c2cc(C3CCOCC3)c3nncn3c2n1. The van der Waals surface area contributed by atoms with E-state index in [0.29, 0.717) is 30.5 Å². The molecule has 1 aliphatic heterocycles. The molecule has 33 heavy (non-hydrogen) atoms. The van der Waals surface area contributed by atoms with Crippen LogP contribution in [0.1, 0.15) is 60.7 Å². The van der Waals surface area contributed by atoms with Gasteiger partial charge >= 0.3 is 0 Å². The van der Waals surface area contributed by atoms with E-state index >= 15 is 0 Å². The third kappa shape index (κ3) is 3.88. The largest absolute Gasteiger partial charge is 0.381 e. The molecule has 7 nitrogen and oxygen atoms in total. The average Bonchev–Trinajstić information content (AvgIpc) is 3.29. The molecule has 1 saturated heterocycles. The topological polar surface area (TPSA) is 77.2 Å². The summed E-state index contributed by atoms with van der Waals surface area (Å²) in [5.41, 5.74) is 1.92. The van der Waals surface area contributed by atoms with Crippen LogP contribution < -0.4 is 5.32 Å². The fourth-order valence-electron chi connectivity index (χ4n) is 4.46. The Morgan fingerprint density at radius 2 is 1.88 bits per heavy atom. The Morgan fingerprint density at radius 1 is 1.12 bits per heavy atom. The minimum atomic E-state index is -2.89. The third-order valence-corrected chi connectivity index (χ3v) is 6.15. The minimum absolute atomic E-state index is 0.146. The van der Waals surface area contributed by atoms with E-state index in [1.807, 2.05) is 10.5 Å². The van der Waals surface area contributed by atoms with Crippen molar-refractivity contribution in [3.63, 3.8) is 0 Å². The smallest absolute Gasteiger partial charge is 0.266 e. The fraction of sp³-hybridized carbons (Fsp3) is 0.391. The summed E-state index contributed by atoms with van der Waals surface area (Å²) in [4.78, 5) is 9.15. The Morgan fingerprint density at radius 3 is 2.64 bits per heavy atom. The molecule has 3 aromatic heterocycles. The van der Waals surface area contributed by atoms with Gasteiger partial charge in [0.05, 0.1) is 17.0 Å². The van der Waals surface area contributed by atoms with Crippen LogP contribution in [-0.2, 0) is 4.74 Å². The molecule has 0 unspecified atom stereocenters. The number of rotatable bonds is 5. The molecular formula is C23H23F3N6O. The Balaban J connectivity index is 1.62. The van der Waals surface area contributed by atoms with Crippen molar-refractivity contribution in [3.8, 4) is 0 Å². The number of fused-ring (bicyclic) bond motifs is 3. The lowest BCUT2D eigenvalue weighted by molar-refractivity contribution is 0.0855. The number of nitrogens with one attached hydrogen (secondary N) is 1. The second-order valence-corrected chi connectivity index (χ2v) is 8.28. The molecule has 0 saturated carbocycles. The first kappa shape index (κ1) is 21.6. The van der Waals surface area contributed by atoms with Crippen molar-refractivity contribution >= 4 is 22.5 Å².